The van der Waals surface area contributed by atoms with E-state index in [4.69, 9.17) is 10.5 Å². The number of aryl methyl sites for hydroxylation is 1. The summed E-state index contributed by atoms with van der Waals surface area (Å²) in [6.45, 7) is 0.641. The van der Waals surface area contributed by atoms with Gasteiger partial charge in [-0.1, -0.05) is 6.07 Å². The molecule has 3 N–H and O–H groups in total. The molecule has 0 saturated carbocycles. The Morgan fingerprint density at radius 1 is 1.39 bits per heavy atom. The van der Waals surface area contributed by atoms with E-state index >= 15 is 0 Å². The van der Waals surface area contributed by atoms with Crippen LogP contribution < -0.4 is 15.9 Å². The largest absolute Gasteiger partial charge is 0.497 e. The molecule has 100 valence electrons. The molecule has 1 aliphatic rings. The molecular formula is C14H23N3O. The lowest BCUT2D eigenvalue weighted by molar-refractivity contribution is 0.146. The zero-order valence-corrected chi connectivity index (χ0v) is 11.5. The monoisotopic (exact) mass is 249 g/mol. The van der Waals surface area contributed by atoms with Crippen LogP contribution in [0.5, 0.6) is 5.75 Å². The maximum absolute atomic E-state index is 5.99. The minimum absolute atomic E-state index is 0.0249. The van der Waals surface area contributed by atoms with Gasteiger partial charge >= 0.3 is 0 Å². The van der Waals surface area contributed by atoms with Crippen LogP contribution in [0.15, 0.2) is 18.2 Å². The number of nitrogens with zero attached hydrogens (tertiary/aromatic N) is 1. The highest BCUT2D eigenvalue weighted by Crippen LogP contribution is 2.30. The van der Waals surface area contributed by atoms with Crippen LogP contribution in [-0.4, -0.2) is 38.3 Å². The van der Waals surface area contributed by atoms with Gasteiger partial charge in [-0.3, -0.25) is 5.01 Å². The Labute approximate surface area is 109 Å². The molecule has 1 atom stereocenters. The van der Waals surface area contributed by atoms with E-state index in [9.17, 15) is 0 Å². The van der Waals surface area contributed by atoms with Gasteiger partial charge in [-0.15, -0.1) is 0 Å². The number of methoxy groups -OCH3 is 1. The fourth-order valence-corrected chi connectivity index (χ4v) is 2.75. The van der Waals surface area contributed by atoms with Gasteiger partial charge in [0, 0.05) is 26.2 Å². The molecule has 0 saturated heterocycles. The summed E-state index contributed by atoms with van der Waals surface area (Å²) in [6, 6.07) is 6.34. The second-order valence-electron chi connectivity index (χ2n) is 5.30. The Kier molecular flexibility index (Phi) is 3.90. The average molecular weight is 249 g/mol. The molecule has 4 heteroatoms. The van der Waals surface area contributed by atoms with Crippen LogP contribution in [-0.2, 0) is 12.8 Å². The molecule has 0 fully saturated rings. The number of nitrogens with one attached hydrogen (secondary N) is 1. The molecule has 1 aromatic carbocycles. The first-order valence-electron chi connectivity index (χ1n) is 6.39. The van der Waals surface area contributed by atoms with Gasteiger partial charge in [0.15, 0.2) is 0 Å². The van der Waals surface area contributed by atoms with Crippen LogP contribution >= 0.6 is 0 Å². The Bertz CT molecular complexity index is 420. The topological polar surface area (TPSA) is 50.5 Å². The molecule has 1 aliphatic carbocycles. The number of hydrazine groups is 1. The number of hydrogen-bond acceptors (Lipinski definition) is 4. The van der Waals surface area contributed by atoms with E-state index in [-0.39, 0.29) is 5.54 Å². The number of hydrogen-bond donors (Lipinski definition) is 2. The van der Waals surface area contributed by atoms with Crippen LogP contribution in [0.1, 0.15) is 17.5 Å². The molecule has 18 heavy (non-hydrogen) atoms. The maximum Gasteiger partial charge on any atom is 0.119 e. The van der Waals surface area contributed by atoms with Gasteiger partial charge in [-0.05, 0) is 42.5 Å². The van der Waals surface area contributed by atoms with Crippen molar-refractivity contribution >= 4 is 0 Å². The van der Waals surface area contributed by atoms with E-state index < -0.39 is 0 Å². The van der Waals surface area contributed by atoms with Crippen molar-refractivity contribution in [2.45, 2.75) is 24.8 Å². The molecular weight excluding hydrogens is 226 g/mol. The summed E-state index contributed by atoms with van der Waals surface area (Å²) in [5.74, 6) is 0.923. The molecule has 1 aromatic rings. The van der Waals surface area contributed by atoms with Gasteiger partial charge in [0.05, 0.1) is 7.11 Å². The van der Waals surface area contributed by atoms with Crippen molar-refractivity contribution in [3.63, 3.8) is 0 Å². The van der Waals surface area contributed by atoms with Crippen molar-refractivity contribution in [3.05, 3.63) is 29.3 Å². The van der Waals surface area contributed by atoms with Crippen molar-refractivity contribution in [2.75, 3.05) is 27.7 Å². The van der Waals surface area contributed by atoms with Gasteiger partial charge in [0.2, 0.25) is 0 Å². The summed E-state index contributed by atoms with van der Waals surface area (Å²) in [5, 5.41) is 2.00. The lowest BCUT2D eigenvalue weighted by Crippen LogP contribution is -2.59. The van der Waals surface area contributed by atoms with E-state index in [0.29, 0.717) is 6.54 Å². The van der Waals surface area contributed by atoms with E-state index in [1.807, 2.05) is 25.2 Å². The van der Waals surface area contributed by atoms with Crippen LogP contribution in [0.3, 0.4) is 0 Å². The number of nitrogens with two attached hydrogens (primary N) is 1. The summed E-state index contributed by atoms with van der Waals surface area (Å²) < 4.78 is 5.30. The molecule has 0 radical (unpaired) electrons. The maximum atomic E-state index is 5.99. The minimum atomic E-state index is -0.0249. The van der Waals surface area contributed by atoms with Crippen molar-refractivity contribution < 1.29 is 4.74 Å². The lowest BCUT2D eigenvalue weighted by Gasteiger charge is -2.40. The molecule has 0 heterocycles. The number of fused-ring (bicyclic) bond motifs is 1. The smallest absolute Gasteiger partial charge is 0.119 e. The molecule has 0 aromatic heterocycles. The molecule has 0 bridgehead atoms. The first kappa shape index (κ1) is 13.3. The first-order chi connectivity index (χ1) is 8.58. The third kappa shape index (κ3) is 2.66. The quantitative estimate of drug-likeness (QED) is 0.780. The van der Waals surface area contributed by atoms with E-state index in [1.165, 1.54) is 11.1 Å². The Morgan fingerprint density at radius 3 is 2.78 bits per heavy atom. The Balaban J connectivity index is 2.25. The third-order valence-electron chi connectivity index (χ3n) is 3.67. The average Bonchev–Trinajstić information content (AvgIpc) is 2.37. The van der Waals surface area contributed by atoms with Crippen molar-refractivity contribution in [1.82, 2.24) is 10.4 Å². The van der Waals surface area contributed by atoms with Gasteiger partial charge in [0.1, 0.15) is 5.75 Å². The summed E-state index contributed by atoms with van der Waals surface area (Å²) in [6.07, 6.45) is 3.09. The second-order valence-corrected chi connectivity index (χ2v) is 5.30. The Morgan fingerprint density at radius 2 is 2.17 bits per heavy atom. The fraction of sp³-hybridized carbons (Fsp3) is 0.571. The molecule has 4 nitrogen and oxygen atoms in total. The van der Waals surface area contributed by atoms with E-state index in [1.54, 1.807) is 7.11 Å². The Hall–Kier alpha value is -1.10. The van der Waals surface area contributed by atoms with Crippen LogP contribution in [0.25, 0.3) is 0 Å². The first-order valence-corrected chi connectivity index (χ1v) is 6.39. The fourth-order valence-electron chi connectivity index (χ4n) is 2.75. The van der Waals surface area contributed by atoms with Crippen LogP contribution in [0, 0.1) is 0 Å². The summed E-state index contributed by atoms with van der Waals surface area (Å²) in [4.78, 5) is 0. The molecule has 0 aliphatic heterocycles. The molecule has 2 rings (SSSR count). The highest BCUT2D eigenvalue weighted by molar-refractivity contribution is 5.39. The second kappa shape index (κ2) is 5.26. The SMILES string of the molecule is COc1ccc2c(c1)CC(CN)(NN(C)C)CC2. The summed E-state index contributed by atoms with van der Waals surface area (Å²) in [7, 11) is 5.73. The number of rotatable bonds is 4. The van der Waals surface area contributed by atoms with Gasteiger partial charge < -0.3 is 10.5 Å². The van der Waals surface area contributed by atoms with E-state index in [0.717, 1.165) is 25.0 Å². The van der Waals surface area contributed by atoms with E-state index in [2.05, 4.69) is 17.6 Å². The predicted molar refractivity (Wildman–Crippen MR) is 73.6 cm³/mol. The molecule has 0 amide bonds. The lowest BCUT2D eigenvalue weighted by atomic mass is 9.78. The summed E-state index contributed by atoms with van der Waals surface area (Å²) in [5.41, 5.74) is 12.2. The highest BCUT2D eigenvalue weighted by Gasteiger charge is 2.33. The van der Waals surface area contributed by atoms with Crippen LogP contribution in [0.2, 0.25) is 0 Å². The molecule has 0 spiro atoms. The number of ether oxygens (including phenoxy) is 1. The summed E-state index contributed by atoms with van der Waals surface area (Å²) >= 11 is 0. The minimum Gasteiger partial charge on any atom is -0.497 e. The van der Waals surface area contributed by atoms with Crippen molar-refractivity contribution in [2.24, 2.45) is 5.73 Å². The predicted octanol–water partition coefficient (Wildman–Crippen LogP) is 0.948. The zero-order chi connectivity index (χ0) is 13.2. The van der Waals surface area contributed by atoms with Gasteiger partial charge in [-0.2, -0.15) is 0 Å². The molecule has 1 unspecified atom stereocenters. The van der Waals surface area contributed by atoms with Crippen molar-refractivity contribution in [1.29, 1.82) is 0 Å². The zero-order valence-electron chi connectivity index (χ0n) is 11.5. The number of benzene rings is 1. The third-order valence-corrected chi connectivity index (χ3v) is 3.67. The van der Waals surface area contributed by atoms with Crippen molar-refractivity contribution in [3.8, 4) is 5.75 Å². The normalized spacial score (nSPS) is 22.9. The van der Waals surface area contributed by atoms with Gasteiger partial charge in [-0.25, -0.2) is 5.43 Å². The highest BCUT2D eigenvalue weighted by atomic mass is 16.5. The van der Waals surface area contributed by atoms with Gasteiger partial charge in [0.25, 0.3) is 0 Å². The standard InChI is InChI=1S/C14H23N3O/c1-17(2)16-14(10-15)7-6-11-4-5-13(18-3)8-12(11)9-14/h4-5,8,16H,6-7,9-10,15H2,1-3H3. The van der Waals surface area contributed by atoms with Crippen LogP contribution in [0.4, 0.5) is 0 Å².